The number of nitrogens with zero attached hydrogens (tertiary/aromatic N) is 2. The van der Waals surface area contributed by atoms with E-state index in [4.69, 9.17) is 4.74 Å². The first kappa shape index (κ1) is 20.2. The zero-order chi connectivity index (χ0) is 19.5. The molecule has 2 rings (SSSR count). The van der Waals surface area contributed by atoms with E-state index in [2.05, 4.69) is 0 Å². The number of hydrogen-bond donors (Lipinski definition) is 1. The fourth-order valence-corrected chi connectivity index (χ4v) is 3.76. The molecule has 7 nitrogen and oxygen atoms in total. The Labute approximate surface area is 154 Å². The molecule has 1 aliphatic heterocycles. The normalized spacial score (nSPS) is 18.7. The van der Waals surface area contributed by atoms with Gasteiger partial charge in [-0.05, 0) is 50.7 Å². The number of carbonyl (C=O) groups excluding carboxylic acids is 1. The molecule has 0 aliphatic carbocycles. The van der Waals surface area contributed by atoms with Crippen molar-refractivity contribution < 1.29 is 19.6 Å². The molecule has 0 radical (unpaired) electrons. The third-order valence-electron chi connectivity index (χ3n) is 5.18. The van der Waals surface area contributed by atoms with Crippen LogP contribution in [0, 0.1) is 10.1 Å². The van der Waals surface area contributed by atoms with Crippen LogP contribution in [0.25, 0.3) is 0 Å². The molecule has 1 aromatic carbocycles. The van der Waals surface area contributed by atoms with E-state index in [9.17, 15) is 20.0 Å². The van der Waals surface area contributed by atoms with Crippen molar-refractivity contribution in [1.82, 2.24) is 0 Å². The second-order valence-electron chi connectivity index (χ2n) is 7.40. The molecule has 26 heavy (non-hydrogen) atoms. The van der Waals surface area contributed by atoms with Crippen LogP contribution < -0.4 is 4.90 Å². The number of carbonyl (C=O) groups is 1. The number of aliphatic hydroxyl groups is 1. The molecule has 0 bridgehead atoms. The van der Waals surface area contributed by atoms with Crippen molar-refractivity contribution in [3.8, 4) is 0 Å². The van der Waals surface area contributed by atoms with Crippen LogP contribution in [0.1, 0.15) is 57.9 Å². The van der Waals surface area contributed by atoms with Crippen molar-refractivity contribution in [3.05, 3.63) is 33.9 Å². The van der Waals surface area contributed by atoms with Gasteiger partial charge in [0, 0.05) is 12.6 Å². The standard InChI is InChI=1S/C19H28N2O5/c1-5-13(12-18(22)26-4)14-8-9-15(16(11-14)21(24)25)20-10-6-7-17(20)19(2,3)23/h8-9,11,13,17,23H,5-7,10,12H2,1-4H3/t13?,17-/m0/s1. The van der Waals surface area contributed by atoms with Crippen LogP contribution in [0.5, 0.6) is 0 Å². The Bertz CT molecular complexity index is 668. The molecular weight excluding hydrogens is 336 g/mol. The fourth-order valence-electron chi connectivity index (χ4n) is 3.76. The number of methoxy groups -OCH3 is 1. The third-order valence-corrected chi connectivity index (χ3v) is 5.18. The minimum atomic E-state index is -0.945. The van der Waals surface area contributed by atoms with Gasteiger partial charge in [0.05, 0.1) is 30.1 Å². The van der Waals surface area contributed by atoms with Gasteiger partial charge in [0.1, 0.15) is 5.69 Å². The van der Waals surface area contributed by atoms with Gasteiger partial charge < -0.3 is 14.7 Å². The average molecular weight is 364 g/mol. The lowest BCUT2D eigenvalue weighted by molar-refractivity contribution is -0.384. The zero-order valence-corrected chi connectivity index (χ0v) is 15.9. The Morgan fingerprint density at radius 1 is 1.50 bits per heavy atom. The van der Waals surface area contributed by atoms with E-state index in [1.165, 1.54) is 7.11 Å². The summed E-state index contributed by atoms with van der Waals surface area (Å²) in [5.41, 5.74) is 0.352. The monoisotopic (exact) mass is 364 g/mol. The Hall–Kier alpha value is -2.15. The average Bonchev–Trinajstić information content (AvgIpc) is 3.08. The molecule has 0 spiro atoms. The SMILES string of the molecule is CCC(CC(=O)OC)c1ccc(N2CCC[C@H]2C(C)(C)O)c([N+](=O)[O-])c1. The van der Waals surface area contributed by atoms with Crippen LogP contribution in [-0.2, 0) is 9.53 Å². The van der Waals surface area contributed by atoms with Gasteiger partial charge in [-0.1, -0.05) is 13.0 Å². The first-order valence-electron chi connectivity index (χ1n) is 9.03. The number of anilines is 1. The van der Waals surface area contributed by atoms with Crippen LogP contribution in [-0.4, -0.2) is 41.3 Å². The molecule has 0 amide bonds. The van der Waals surface area contributed by atoms with E-state index in [0.29, 0.717) is 18.7 Å². The maximum atomic E-state index is 11.7. The van der Waals surface area contributed by atoms with Crippen molar-refractivity contribution in [3.63, 3.8) is 0 Å². The van der Waals surface area contributed by atoms with Crippen LogP contribution in [0.3, 0.4) is 0 Å². The molecule has 7 heteroatoms. The van der Waals surface area contributed by atoms with Crippen molar-refractivity contribution >= 4 is 17.3 Å². The first-order valence-corrected chi connectivity index (χ1v) is 9.03. The number of rotatable bonds is 7. The smallest absolute Gasteiger partial charge is 0.306 e. The van der Waals surface area contributed by atoms with Gasteiger partial charge in [0.25, 0.3) is 5.69 Å². The number of benzene rings is 1. The van der Waals surface area contributed by atoms with E-state index in [1.807, 2.05) is 17.9 Å². The van der Waals surface area contributed by atoms with Gasteiger partial charge in [-0.3, -0.25) is 14.9 Å². The van der Waals surface area contributed by atoms with Crippen LogP contribution in [0.15, 0.2) is 18.2 Å². The quantitative estimate of drug-likeness (QED) is 0.453. The first-order chi connectivity index (χ1) is 12.2. The molecule has 1 unspecified atom stereocenters. The Kier molecular flexibility index (Phi) is 6.23. The van der Waals surface area contributed by atoms with E-state index in [-0.39, 0.29) is 35.0 Å². The maximum absolute atomic E-state index is 11.7. The largest absolute Gasteiger partial charge is 0.469 e. The molecule has 0 saturated carbocycles. The zero-order valence-electron chi connectivity index (χ0n) is 15.9. The second-order valence-corrected chi connectivity index (χ2v) is 7.40. The number of esters is 1. The molecule has 1 saturated heterocycles. The van der Waals surface area contributed by atoms with Gasteiger partial charge in [0.15, 0.2) is 0 Å². The number of nitro benzene ring substituents is 1. The highest BCUT2D eigenvalue weighted by molar-refractivity contribution is 5.71. The van der Waals surface area contributed by atoms with E-state index in [0.717, 1.165) is 18.4 Å². The predicted molar refractivity (Wildman–Crippen MR) is 99.4 cm³/mol. The summed E-state index contributed by atoms with van der Waals surface area (Å²) in [5.74, 6) is -0.455. The van der Waals surface area contributed by atoms with E-state index < -0.39 is 5.60 Å². The molecule has 1 aliphatic rings. The molecule has 2 atom stereocenters. The number of nitro groups is 1. The Balaban J connectivity index is 2.40. The van der Waals surface area contributed by atoms with Crippen molar-refractivity contribution in [2.24, 2.45) is 0 Å². The fraction of sp³-hybridized carbons (Fsp3) is 0.632. The summed E-state index contributed by atoms with van der Waals surface area (Å²) in [4.78, 5) is 24.9. The summed E-state index contributed by atoms with van der Waals surface area (Å²) in [6, 6.07) is 4.99. The summed E-state index contributed by atoms with van der Waals surface area (Å²) in [6.07, 6.45) is 2.55. The van der Waals surface area contributed by atoms with Crippen molar-refractivity contribution in [2.45, 2.75) is 64.0 Å². The minimum absolute atomic E-state index is 0.0157. The topological polar surface area (TPSA) is 92.9 Å². The van der Waals surface area contributed by atoms with Gasteiger partial charge in [-0.25, -0.2) is 0 Å². The molecule has 144 valence electrons. The van der Waals surface area contributed by atoms with Gasteiger partial charge in [0.2, 0.25) is 0 Å². The van der Waals surface area contributed by atoms with Crippen molar-refractivity contribution in [2.75, 3.05) is 18.6 Å². The molecule has 1 N–H and O–H groups in total. The lowest BCUT2D eigenvalue weighted by Crippen LogP contribution is -2.46. The highest BCUT2D eigenvalue weighted by Gasteiger charge is 2.38. The highest BCUT2D eigenvalue weighted by Crippen LogP contribution is 2.39. The highest BCUT2D eigenvalue weighted by atomic mass is 16.6. The molecular formula is C19H28N2O5. The Morgan fingerprint density at radius 3 is 2.73 bits per heavy atom. The van der Waals surface area contributed by atoms with Crippen molar-refractivity contribution in [1.29, 1.82) is 0 Å². The predicted octanol–water partition coefficient (Wildman–Crippen LogP) is 3.39. The summed E-state index contributed by atoms with van der Waals surface area (Å²) in [7, 11) is 1.34. The molecule has 1 fully saturated rings. The molecule has 1 heterocycles. The van der Waals surface area contributed by atoms with Gasteiger partial charge >= 0.3 is 5.97 Å². The summed E-state index contributed by atoms with van der Waals surface area (Å²) < 4.78 is 4.73. The van der Waals surface area contributed by atoms with Crippen LogP contribution in [0.4, 0.5) is 11.4 Å². The van der Waals surface area contributed by atoms with E-state index in [1.54, 1.807) is 26.0 Å². The molecule has 0 aromatic heterocycles. The van der Waals surface area contributed by atoms with Crippen LogP contribution >= 0.6 is 0 Å². The third kappa shape index (κ3) is 4.33. The summed E-state index contributed by atoms with van der Waals surface area (Å²) in [6.45, 7) is 6.09. The van der Waals surface area contributed by atoms with Gasteiger partial charge in [-0.15, -0.1) is 0 Å². The lowest BCUT2D eigenvalue weighted by Gasteiger charge is -2.35. The van der Waals surface area contributed by atoms with Gasteiger partial charge in [-0.2, -0.15) is 0 Å². The second kappa shape index (κ2) is 8.03. The molecule has 1 aromatic rings. The number of ether oxygens (including phenoxy) is 1. The van der Waals surface area contributed by atoms with Crippen LogP contribution in [0.2, 0.25) is 0 Å². The summed E-state index contributed by atoms with van der Waals surface area (Å²) >= 11 is 0. The minimum Gasteiger partial charge on any atom is -0.469 e. The maximum Gasteiger partial charge on any atom is 0.306 e. The van der Waals surface area contributed by atoms with E-state index >= 15 is 0 Å². The summed E-state index contributed by atoms with van der Waals surface area (Å²) in [5, 5.41) is 22.1. The Morgan fingerprint density at radius 2 is 2.19 bits per heavy atom. The number of hydrogen-bond acceptors (Lipinski definition) is 6. The lowest BCUT2D eigenvalue weighted by atomic mass is 9.92.